The molecule has 142 valence electrons. The van der Waals surface area contributed by atoms with Crippen molar-refractivity contribution >= 4 is 45.0 Å². The zero-order valence-electron chi connectivity index (χ0n) is 15.4. The van der Waals surface area contributed by atoms with Gasteiger partial charge < -0.3 is 4.74 Å². The number of thiazole rings is 1. The first-order chi connectivity index (χ1) is 13.5. The highest BCUT2D eigenvalue weighted by atomic mass is 35.5. The Labute approximate surface area is 170 Å². The fourth-order valence-electron chi connectivity index (χ4n) is 2.86. The van der Waals surface area contributed by atoms with Crippen LogP contribution in [-0.4, -0.2) is 32.8 Å². The number of nitrogens with one attached hydrogen (secondary N) is 1. The summed E-state index contributed by atoms with van der Waals surface area (Å²) in [6, 6.07) is 7.48. The number of ether oxygens (including phenoxy) is 1. The molecule has 3 aromatic heterocycles. The summed E-state index contributed by atoms with van der Waals surface area (Å²) in [6.45, 7) is 3.70. The molecular formula is C19H16ClN5O2S. The van der Waals surface area contributed by atoms with Crippen LogP contribution >= 0.6 is 22.9 Å². The molecule has 0 atom stereocenters. The van der Waals surface area contributed by atoms with E-state index < -0.39 is 0 Å². The van der Waals surface area contributed by atoms with Gasteiger partial charge in [0, 0.05) is 17.6 Å². The molecule has 0 saturated carbocycles. The van der Waals surface area contributed by atoms with Gasteiger partial charge in [0.1, 0.15) is 5.75 Å². The summed E-state index contributed by atoms with van der Waals surface area (Å²) in [4.78, 5) is 21.3. The van der Waals surface area contributed by atoms with E-state index in [9.17, 15) is 4.79 Å². The van der Waals surface area contributed by atoms with Gasteiger partial charge in [0.2, 0.25) is 0 Å². The van der Waals surface area contributed by atoms with Gasteiger partial charge >= 0.3 is 0 Å². The monoisotopic (exact) mass is 413 g/mol. The number of fused-ring (bicyclic) bond motifs is 1. The molecule has 0 aliphatic heterocycles. The molecule has 0 spiro atoms. The van der Waals surface area contributed by atoms with E-state index in [0.717, 1.165) is 11.4 Å². The fraction of sp³-hybridized carbons (Fsp3) is 0.158. The molecule has 0 aliphatic carbocycles. The number of hydrogen-bond acceptors (Lipinski definition) is 6. The first-order valence-electron chi connectivity index (χ1n) is 8.39. The first kappa shape index (κ1) is 18.4. The van der Waals surface area contributed by atoms with Crippen molar-refractivity contribution < 1.29 is 9.53 Å². The van der Waals surface area contributed by atoms with Crippen molar-refractivity contribution in [1.82, 2.24) is 19.7 Å². The zero-order valence-corrected chi connectivity index (χ0v) is 16.9. The summed E-state index contributed by atoms with van der Waals surface area (Å²) in [5, 5.41) is 10.6. The molecule has 1 N–H and O–H groups in total. The maximum absolute atomic E-state index is 12.6. The maximum Gasteiger partial charge on any atom is 0.260 e. The lowest BCUT2D eigenvalue weighted by atomic mass is 10.2. The molecule has 1 aromatic carbocycles. The van der Waals surface area contributed by atoms with Crippen LogP contribution in [0.1, 0.15) is 21.7 Å². The van der Waals surface area contributed by atoms with E-state index in [2.05, 4.69) is 20.4 Å². The second-order valence-electron chi connectivity index (χ2n) is 6.13. The average molecular weight is 414 g/mol. The molecule has 0 unspecified atom stereocenters. The summed E-state index contributed by atoms with van der Waals surface area (Å²) < 4.78 is 6.97. The molecule has 7 nitrogen and oxygen atoms in total. The van der Waals surface area contributed by atoms with Crippen molar-refractivity contribution in [3.05, 3.63) is 57.8 Å². The first-order valence-corrected chi connectivity index (χ1v) is 9.65. The third kappa shape index (κ3) is 3.21. The number of pyridine rings is 1. The van der Waals surface area contributed by atoms with E-state index >= 15 is 0 Å². The van der Waals surface area contributed by atoms with Crippen LogP contribution < -0.4 is 10.1 Å². The number of carbonyl (C=O) groups excluding carboxylic acids is 1. The van der Waals surface area contributed by atoms with Gasteiger partial charge in [-0.05, 0) is 26.0 Å². The predicted molar refractivity (Wildman–Crippen MR) is 110 cm³/mol. The van der Waals surface area contributed by atoms with E-state index in [1.165, 1.54) is 17.5 Å². The van der Waals surface area contributed by atoms with E-state index in [4.69, 9.17) is 16.3 Å². The predicted octanol–water partition coefficient (Wildman–Crippen LogP) is 4.41. The third-order valence-electron chi connectivity index (χ3n) is 4.19. The molecule has 4 rings (SSSR count). The van der Waals surface area contributed by atoms with E-state index in [1.807, 2.05) is 43.5 Å². The highest BCUT2D eigenvalue weighted by Gasteiger charge is 2.20. The molecule has 0 radical (unpaired) electrons. The Morgan fingerprint density at radius 2 is 2.14 bits per heavy atom. The van der Waals surface area contributed by atoms with Crippen LogP contribution in [0.3, 0.4) is 0 Å². The molecule has 4 aromatic rings. The van der Waals surface area contributed by atoms with Crippen LogP contribution in [0.4, 0.5) is 5.13 Å². The second kappa shape index (κ2) is 7.21. The van der Waals surface area contributed by atoms with Gasteiger partial charge in [-0.3, -0.25) is 10.1 Å². The Balaban J connectivity index is 1.77. The van der Waals surface area contributed by atoms with Crippen LogP contribution in [0.25, 0.3) is 16.7 Å². The number of carbonyl (C=O) groups is 1. The second-order valence-corrected chi connectivity index (χ2v) is 7.37. The van der Waals surface area contributed by atoms with E-state index in [0.29, 0.717) is 32.6 Å². The number of benzene rings is 1. The number of rotatable bonds is 4. The molecule has 0 fully saturated rings. The maximum atomic E-state index is 12.6. The molecule has 0 aliphatic rings. The lowest BCUT2D eigenvalue weighted by Gasteiger charge is -2.07. The molecule has 9 heteroatoms. The number of halogens is 1. The number of aryl methyl sites for hydroxylation is 2. The van der Waals surface area contributed by atoms with Crippen molar-refractivity contribution in [3.8, 4) is 11.4 Å². The van der Waals surface area contributed by atoms with Gasteiger partial charge in [-0.2, -0.15) is 5.10 Å². The van der Waals surface area contributed by atoms with Gasteiger partial charge in [0.05, 0.1) is 40.2 Å². The highest BCUT2D eigenvalue weighted by molar-refractivity contribution is 7.13. The Kier molecular flexibility index (Phi) is 4.74. The van der Waals surface area contributed by atoms with Gasteiger partial charge in [-0.25, -0.2) is 14.6 Å². The minimum absolute atomic E-state index is 0.273. The van der Waals surface area contributed by atoms with Gasteiger partial charge in [0.25, 0.3) is 5.91 Å². The quantitative estimate of drug-likeness (QED) is 0.536. The minimum atomic E-state index is -0.359. The largest absolute Gasteiger partial charge is 0.497 e. The summed E-state index contributed by atoms with van der Waals surface area (Å²) in [7, 11) is 1.61. The minimum Gasteiger partial charge on any atom is -0.497 e. The van der Waals surface area contributed by atoms with Crippen LogP contribution in [0.2, 0.25) is 5.02 Å². The van der Waals surface area contributed by atoms with Crippen LogP contribution in [-0.2, 0) is 0 Å². The lowest BCUT2D eigenvalue weighted by Crippen LogP contribution is -2.13. The van der Waals surface area contributed by atoms with Crippen molar-refractivity contribution in [1.29, 1.82) is 0 Å². The van der Waals surface area contributed by atoms with Gasteiger partial charge in [0.15, 0.2) is 10.8 Å². The Bertz CT molecular complexity index is 1200. The summed E-state index contributed by atoms with van der Waals surface area (Å²) >= 11 is 7.93. The highest BCUT2D eigenvalue weighted by Crippen LogP contribution is 2.31. The number of anilines is 1. The molecule has 0 saturated heterocycles. The summed E-state index contributed by atoms with van der Waals surface area (Å²) in [5.74, 6) is 0.349. The fourth-order valence-corrected chi connectivity index (χ4v) is 3.90. The molecule has 1 amide bonds. The number of methoxy groups -OCH3 is 1. The van der Waals surface area contributed by atoms with Gasteiger partial charge in [-0.1, -0.05) is 17.7 Å². The van der Waals surface area contributed by atoms with Gasteiger partial charge in [-0.15, -0.1) is 11.3 Å². The SMILES string of the molecule is COc1cccc(-n2nc(C)c3c(Cl)c(C(=O)Nc4nc(C)cs4)cnc32)c1. The summed E-state index contributed by atoms with van der Waals surface area (Å²) in [5.41, 5.74) is 3.15. The molecule has 28 heavy (non-hydrogen) atoms. The van der Waals surface area contributed by atoms with Crippen LogP contribution in [0.5, 0.6) is 5.75 Å². The number of hydrogen-bond donors (Lipinski definition) is 1. The molecule has 3 heterocycles. The molecular weight excluding hydrogens is 398 g/mol. The Morgan fingerprint density at radius 1 is 1.32 bits per heavy atom. The van der Waals surface area contributed by atoms with Crippen molar-refractivity contribution in [2.75, 3.05) is 12.4 Å². The summed E-state index contributed by atoms with van der Waals surface area (Å²) in [6.07, 6.45) is 1.46. The topological polar surface area (TPSA) is 81.9 Å². The standard InChI is InChI=1S/C19H16ClN5O2S/c1-10-9-28-19(22-10)23-18(26)14-8-21-17-15(16(14)20)11(2)24-25(17)12-5-4-6-13(7-12)27-3/h4-9H,1-3H3,(H,22,23,26). The number of amides is 1. The van der Waals surface area contributed by atoms with E-state index in [-0.39, 0.29) is 11.5 Å². The van der Waals surface area contributed by atoms with Crippen molar-refractivity contribution in [2.45, 2.75) is 13.8 Å². The number of nitrogens with zero attached hydrogens (tertiary/aromatic N) is 4. The Morgan fingerprint density at radius 3 is 2.86 bits per heavy atom. The lowest BCUT2D eigenvalue weighted by molar-refractivity contribution is 0.102. The van der Waals surface area contributed by atoms with Crippen LogP contribution in [0.15, 0.2) is 35.8 Å². The van der Waals surface area contributed by atoms with Crippen molar-refractivity contribution in [2.24, 2.45) is 0 Å². The third-order valence-corrected chi connectivity index (χ3v) is 5.46. The van der Waals surface area contributed by atoms with E-state index in [1.54, 1.807) is 11.8 Å². The normalized spacial score (nSPS) is 11.0. The molecule has 0 bridgehead atoms. The van der Waals surface area contributed by atoms with Crippen LogP contribution in [0, 0.1) is 13.8 Å². The zero-order chi connectivity index (χ0) is 19.8. The Hall–Kier alpha value is -2.97. The number of aromatic nitrogens is 4. The average Bonchev–Trinajstić information content (AvgIpc) is 3.25. The smallest absolute Gasteiger partial charge is 0.260 e. The van der Waals surface area contributed by atoms with Crippen molar-refractivity contribution in [3.63, 3.8) is 0 Å².